The van der Waals surface area contributed by atoms with E-state index in [2.05, 4.69) is 20.6 Å². The molecule has 0 saturated heterocycles. The van der Waals surface area contributed by atoms with E-state index in [1.54, 1.807) is 27.0 Å². The van der Waals surface area contributed by atoms with Crippen LogP contribution < -0.4 is 16.4 Å². The molecule has 0 spiro atoms. The highest BCUT2D eigenvalue weighted by molar-refractivity contribution is 5.51. The van der Waals surface area contributed by atoms with Gasteiger partial charge in [0, 0.05) is 19.7 Å². The zero-order valence-electron chi connectivity index (χ0n) is 11.8. The Morgan fingerprint density at radius 1 is 1.10 bits per heavy atom. The fourth-order valence-corrected chi connectivity index (χ4v) is 2.01. The molecule has 0 bridgehead atoms. The van der Waals surface area contributed by atoms with Crippen LogP contribution in [0.15, 0.2) is 18.2 Å². The number of nitrogens with zero attached hydrogens (tertiary/aromatic N) is 2. The van der Waals surface area contributed by atoms with Crippen molar-refractivity contribution >= 4 is 17.6 Å². The van der Waals surface area contributed by atoms with Crippen molar-refractivity contribution in [1.29, 1.82) is 0 Å². The van der Waals surface area contributed by atoms with Crippen molar-refractivity contribution in [2.24, 2.45) is 0 Å². The Kier molecular flexibility index (Phi) is 4.02. The lowest BCUT2D eigenvalue weighted by Gasteiger charge is -2.10. The second-order valence-electron chi connectivity index (χ2n) is 4.64. The van der Waals surface area contributed by atoms with Gasteiger partial charge in [0.1, 0.15) is 17.5 Å². The SMILES string of the molecule is CNc1cc(NCc2cc(C)c(F)c(C)c2)nc(N)n1. The largest absolute Gasteiger partial charge is 0.373 e. The maximum absolute atomic E-state index is 13.6. The molecule has 0 unspecified atom stereocenters. The van der Waals surface area contributed by atoms with Gasteiger partial charge < -0.3 is 16.4 Å². The molecule has 106 valence electrons. The van der Waals surface area contributed by atoms with Crippen molar-refractivity contribution in [3.63, 3.8) is 0 Å². The van der Waals surface area contributed by atoms with Crippen LogP contribution in [0.25, 0.3) is 0 Å². The van der Waals surface area contributed by atoms with E-state index in [0.29, 0.717) is 29.3 Å². The Labute approximate surface area is 117 Å². The first-order valence-corrected chi connectivity index (χ1v) is 6.31. The molecule has 2 rings (SSSR count). The molecule has 0 saturated carbocycles. The summed E-state index contributed by atoms with van der Waals surface area (Å²) in [5, 5.41) is 6.07. The second-order valence-corrected chi connectivity index (χ2v) is 4.64. The van der Waals surface area contributed by atoms with Gasteiger partial charge in [0.2, 0.25) is 5.95 Å². The number of nitrogen functional groups attached to an aromatic ring is 1. The van der Waals surface area contributed by atoms with Gasteiger partial charge in [-0.15, -0.1) is 0 Å². The summed E-state index contributed by atoms with van der Waals surface area (Å²) in [5.41, 5.74) is 7.89. The number of nitrogens with two attached hydrogens (primary N) is 1. The van der Waals surface area contributed by atoms with E-state index in [1.807, 2.05) is 12.1 Å². The molecule has 1 aromatic heterocycles. The van der Waals surface area contributed by atoms with Gasteiger partial charge in [0.05, 0.1) is 0 Å². The van der Waals surface area contributed by atoms with E-state index in [1.165, 1.54) is 0 Å². The number of benzene rings is 1. The van der Waals surface area contributed by atoms with Gasteiger partial charge in [0.25, 0.3) is 0 Å². The van der Waals surface area contributed by atoms with Crippen LogP contribution in [-0.4, -0.2) is 17.0 Å². The highest BCUT2D eigenvalue weighted by Gasteiger charge is 2.05. The first-order valence-electron chi connectivity index (χ1n) is 6.31. The van der Waals surface area contributed by atoms with Crippen LogP contribution in [0.2, 0.25) is 0 Å². The normalized spacial score (nSPS) is 10.4. The monoisotopic (exact) mass is 275 g/mol. The molecule has 1 aromatic carbocycles. The van der Waals surface area contributed by atoms with Crippen LogP contribution >= 0.6 is 0 Å². The maximum Gasteiger partial charge on any atom is 0.223 e. The molecule has 0 atom stereocenters. The predicted octanol–water partition coefficient (Wildman–Crippen LogP) is 2.47. The van der Waals surface area contributed by atoms with Crippen molar-refractivity contribution in [3.8, 4) is 0 Å². The predicted molar refractivity (Wildman–Crippen MR) is 79.2 cm³/mol. The van der Waals surface area contributed by atoms with Crippen molar-refractivity contribution in [2.75, 3.05) is 23.4 Å². The maximum atomic E-state index is 13.6. The Bertz CT molecular complexity index is 604. The summed E-state index contributed by atoms with van der Waals surface area (Å²) in [7, 11) is 1.76. The zero-order chi connectivity index (χ0) is 14.7. The van der Waals surface area contributed by atoms with Gasteiger partial charge >= 0.3 is 0 Å². The average molecular weight is 275 g/mol. The van der Waals surface area contributed by atoms with Crippen LogP contribution in [0.4, 0.5) is 22.0 Å². The molecule has 6 heteroatoms. The molecule has 0 aliphatic carbocycles. The molecule has 1 heterocycles. The van der Waals surface area contributed by atoms with Gasteiger partial charge in [-0.25, -0.2) is 4.39 Å². The number of rotatable bonds is 4. The van der Waals surface area contributed by atoms with Gasteiger partial charge in [-0.1, -0.05) is 12.1 Å². The van der Waals surface area contributed by atoms with Crippen molar-refractivity contribution in [1.82, 2.24) is 9.97 Å². The lowest BCUT2D eigenvalue weighted by Crippen LogP contribution is -2.07. The minimum Gasteiger partial charge on any atom is -0.373 e. The molecular weight excluding hydrogens is 257 g/mol. The molecular formula is C14H18FN5. The molecule has 0 amide bonds. The molecule has 0 aliphatic heterocycles. The highest BCUT2D eigenvalue weighted by atomic mass is 19.1. The lowest BCUT2D eigenvalue weighted by molar-refractivity contribution is 0.608. The second kappa shape index (κ2) is 5.73. The number of nitrogens with one attached hydrogen (secondary N) is 2. The minimum absolute atomic E-state index is 0.155. The Morgan fingerprint density at radius 2 is 1.70 bits per heavy atom. The van der Waals surface area contributed by atoms with Gasteiger partial charge in [-0.2, -0.15) is 9.97 Å². The fourth-order valence-electron chi connectivity index (χ4n) is 2.01. The van der Waals surface area contributed by atoms with Crippen LogP contribution in [-0.2, 0) is 6.54 Å². The average Bonchev–Trinajstić information content (AvgIpc) is 2.41. The molecule has 2 aromatic rings. The number of aryl methyl sites for hydroxylation is 2. The van der Waals surface area contributed by atoms with E-state index < -0.39 is 0 Å². The number of halogens is 1. The van der Waals surface area contributed by atoms with E-state index >= 15 is 0 Å². The topological polar surface area (TPSA) is 75.9 Å². The van der Waals surface area contributed by atoms with Gasteiger partial charge in [0.15, 0.2) is 0 Å². The highest BCUT2D eigenvalue weighted by Crippen LogP contribution is 2.17. The summed E-state index contributed by atoms with van der Waals surface area (Å²) in [6, 6.07) is 5.40. The number of hydrogen-bond donors (Lipinski definition) is 3. The Balaban J connectivity index is 2.14. The Morgan fingerprint density at radius 3 is 2.30 bits per heavy atom. The Hall–Kier alpha value is -2.37. The lowest BCUT2D eigenvalue weighted by atomic mass is 10.1. The van der Waals surface area contributed by atoms with Crippen molar-refractivity contribution < 1.29 is 4.39 Å². The summed E-state index contributed by atoms with van der Waals surface area (Å²) < 4.78 is 13.6. The molecule has 0 aliphatic rings. The smallest absolute Gasteiger partial charge is 0.223 e. The van der Waals surface area contributed by atoms with Gasteiger partial charge in [-0.05, 0) is 30.5 Å². The zero-order valence-corrected chi connectivity index (χ0v) is 11.8. The number of anilines is 3. The third kappa shape index (κ3) is 3.14. The molecule has 4 N–H and O–H groups in total. The van der Waals surface area contributed by atoms with E-state index in [9.17, 15) is 4.39 Å². The van der Waals surface area contributed by atoms with Gasteiger partial charge in [-0.3, -0.25) is 0 Å². The van der Waals surface area contributed by atoms with Crippen molar-refractivity contribution in [3.05, 3.63) is 40.7 Å². The van der Waals surface area contributed by atoms with Crippen molar-refractivity contribution in [2.45, 2.75) is 20.4 Å². The third-order valence-corrected chi connectivity index (χ3v) is 2.97. The molecule has 20 heavy (non-hydrogen) atoms. The standard InChI is InChI=1S/C14H18FN5/c1-8-4-10(5-9(2)13(8)15)7-18-12-6-11(17-3)19-14(16)20-12/h4-6H,7H2,1-3H3,(H4,16,17,18,19,20). The van der Waals surface area contributed by atoms with Crippen LogP contribution in [0, 0.1) is 19.7 Å². The first-order chi connectivity index (χ1) is 9.49. The van der Waals surface area contributed by atoms with E-state index in [4.69, 9.17) is 5.73 Å². The summed E-state index contributed by atoms with van der Waals surface area (Å²) >= 11 is 0. The van der Waals surface area contributed by atoms with E-state index in [-0.39, 0.29) is 11.8 Å². The van der Waals surface area contributed by atoms with Crippen LogP contribution in [0.1, 0.15) is 16.7 Å². The quantitative estimate of drug-likeness (QED) is 0.799. The minimum atomic E-state index is -0.155. The summed E-state index contributed by atoms with van der Waals surface area (Å²) in [6.07, 6.45) is 0. The summed E-state index contributed by atoms with van der Waals surface area (Å²) in [5.74, 6) is 1.32. The fraction of sp³-hybridized carbons (Fsp3) is 0.286. The summed E-state index contributed by atoms with van der Waals surface area (Å²) in [6.45, 7) is 4.06. The molecule has 5 nitrogen and oxygen atoms in total. The third-order valence-electron chi connectivity index (χ3n) is 2.97. The molecule has 0 radical (unpaired) electrons. The van der Waals surface area contributed by atoms with E-state index in [0.717, 1.165) is 5.56 Å². The van der Waals surface area contributed by atoms with Crippen LogP contribution in [0.3, 0.4) is 0 Å². The number of hydrogen-bond acceptors (Lipinski definition) is 5. The first kappa shape index (κ1) is 14.0. The molecule has 0 fully saturated rings. The number of aromatic nitrogens is 2. The van der Waals surface area contributed by atoms with Crippen LogP contribution in [0.5, 0.6) is 0 Å². The summed E-state index contributed by atoms with van der Waals surface area (Å²) in [4.78, 5) is 8.11.